The van der Waals surface area contributed by atoms with E-state index in [9.17, 15) is 23.1 Å². The number of carbonyl (C=O) groups excluding carboxylic acids is 1. The van der Waals surface area contributed by atoms with Crippen molar-refractivity contribution in [2.45, 2.75) is 32.0 Å². The highest BCUT2D eigenvalue weighted by atomic mass is 19.4. The molecule has 0 saturated carbocycles. The van der Waals surface area contributed by atoms with Gasteiger partial charge in [0.2, 0.25) is 0 Å². The molecule has 0 aromatic heterocycles. The monoisotopic (exact) mass is 272 g/mol. The number of allylic oxidation sites excluding steroid dienone is 2. The molecule has 0 spiro atoms. The number of alkyl halides is 3. The van der Waals surface area contributed by atoms with Crippen LogP contribution in [0.5, 0.6) is 0 Å². The Hall–Kier alpha value is -1.62. The maximum atomic E-state index is 13.1. The molecule has 1 unspecified atom stereocenters. The van der Waals surface area contributed by atoms with Crippen molar-refractivity contribution >= 4 is 5.78 Å². The molecule has 1 aromatic carbocycles. The highest BCUT2D eigenvalue weighted by molar-refractivity contribution is 5.91. The summed E-state index contributed by atoms with van der Waals surface area (Å²) in [5, 5.41) is 9.93. The number of carbonyl (C=O) groups is 1. The molecule has 0 fully saturated rings. The first-order valence-corrected chi connectivity index (χ1v) is 5.69. The largest absolute Gasteiger partial charge is 0.421 e. The lowest BCUT2D eigenvalue weighted by atomic mass is 9.87. The summed E-state index contributed by atoms with van der Waals surface area (Å²) in [6.45, 7) is 3.21. The van der Waals surface area contributed by atoms with Gasteiger partial charge in [-0.15, -0.1) is 0 Å². The second-order valence-electron chi connectivity index (χ2n) is 4.59. The fraction of sp³-hybridized carbons (Fsp3) is 0.357. The Morgan fingerprint density at radius 2 is 1.74 bits per heavy atom. The van der Waals surface area contributed by atoms with E-state index < -0.39 is 24.0 Å². The highest BCUT2D eigenvalue weighted by Crippen LogP contribution is 2.41. The second kappa shape index (κ2) is 5.57. The molecule has 0 heterocycles. The van der Waals surface area contributed by atoms with Gasteiger partial charge < -0.3 is 5.11 Å². The van der Waals surface area contributed by atoms with Gasteiger partial charge in [0.15, 0.2) is 11.4 Å². The van der Waals surface area contributed by atoms with Gasteiger partial charge in [0, 0.05) is 0 Å². The van der Waals surface area contributed by atoms with Crippen molar-refractivity contribution in [2.24, 2.45) is 0 Å². The van der Waals surface area contributed by atoms with E-state index in [4.69, 9.17) is 0 Å². The number of benzene rings is 1. The summed E-state index contributed by atoms with van der Waals surface area (Å²) < 4.78 is 39.2. The minimum absolute atomic E-state index is 0.335. The van der Waals surface area contributed by atoms with E-state index in [0.717, 1.165) is 18.2 Å². The smallest absolute Gasteiger partial charge is 0.376 e. The van der Waals surface area contributed by atoms with Crippen molar-refractivity contribution in [2.75, 3.05) is 0 Å². The minimum Gasteiger partial charge on any atom is -0.376 e. The highest BCUT2D eigenvalue weighted by Gasteiger charge is 2.55. The zero-order chi connectivity index (χ0) is 14.7. The van der Waals surface area contributed by atoms with Crippen LogP contribution in [-0.4, -0.2) is 17.1 Å². The Kier molecular flexibility index (Phi) is 4.52. The number of aliphatic hydroxyl groups is 1. The fourth-order valence-electron chi connectivity index (χ4n) is 1.70. The van der Waals surface area contributed by atoms with Crippen LogP contribution in [0, 0.1) is 0 Å². The van der Waals surface area contributed by atoms with Gasteiger partial charge in [0.1, 0.15) is 0 Å². The first kappa shape index (κ1) is 15.4. The van der Waals surface area contributed by atoms with Crippen molar-refractivity contribution in [3.63, 3.8) is 0 Å². The number of halogens is 3. The molecule has 0 radical (unpaired) electrons. The van der Waals surface area contributed by atoms with Crippen LogP contribution in [0.25, 0.3) is 0 Å². The lowest BCUT2D eigenvalue weighted by Crippen LogP contribution is -2.43. The summed E-state index contributed by atoms with van der Waals surface area (Å²) in [6.07, 6.45) is -4.84. The molecule has 1 N–H and O–H groups in total. The van der Waals surface area contributed by atoms with Crippen LogP contribution in [0.1, 0.15) is 25.8 Å². The molecule has 0 aliphatic rings. The van der Waals surface area contributed by atoms with Crippen LogP contribution in [0.3, 0.4) is 0 Å². The molecule has 1 rings (SSSR count). The number of hydrogen-bond donors (Lipinski definition) is 1. The van der Waals surface area contributed by atoms with Crippen molar-refractivity contribution in [1.82, 2.24) is 0 Å². The molecule has 104 valence electrons. The molecule has 0 aliphatic carbocycles. The number of hydrogen-bond acceptors (Lipinski definition) is 2. The molecule has 0 saturated heterocycles. The van der Waals surface area contributed by atoms with Crippen LogP contribution >= 0.6 is 0 Å². The standard InChI is InChI=1S/C14H15F3O2/c1-10(2)8-12(18)9-13(19,14(15,16)17)11-6-4-3-5-7-11/h3-8,19H,9H2,1-2H3. The quantitative estimate of drug-likeness (QED) is 0.853. The number of ketones is 1. The van der Waals surface area contributed by atoms with Crippen molar-refractivity contribution < 1.29 is 23.1 Å². The normalized spacial score (nSPS) is 14.6. The van der Waals surface area contributed by atoms with Gasteiger partial charge in [-0.1, -0.05) is 35.9 Å². The predicted molar refractivity (Wildman–Crippen MR) is 65.4 cm³/mol. The Bertz CT molecular complexity index is 473. The summed E-state index contributed by atoms with van der Waals surface area (Å²) in [6, 6.07) is 6.62. The van der Waals surface area contributed by atoms with Gasteiger partial charge in [-0.3, -0.25) is 4.79 Å². The van der Waals surface area contributed by atoms with E-state index in [0.29, 0.717) is 5.57 Å². The lowest BCUT2D eigenvalue weighted by Gasteiger charge is -2.30. The zero-order valence-corrected chi connectivity index (χ0v) is 10.7. The Labute approximate surface area is 109 Å². The summed E-state index contributed by atoms with van der Waals surface area (Å²) in [5.41, 5.74) is -2.90. The predicted octanol–water partition coefficient (Wildman–Crippen LogP) is 3.36. The van der Waals surface area contributed by atoms with Crippen LogP contribution in [0.15, 0.2) is 42.0 Å². The van der Waals surface area contributed by atoms with E-state index in [1.54, 1.807) is 13.8 Å². The molecule has 5 heteroatoms. The van der Waals surface area contributed by atoms with Gasteiger partial charge in [-0.05, 0) is 25.5 Å². The molecule has 0 amide bonds. The fourth-order valence-corrected chi connectivity index (χ4v) is 1.70. The Morgan fingerprint density at radius 1 is 1.21 bits per heavy atom. The number of rotatable bonds is 4. The van der Waals surface area contributed by atoms with Crippen LogP contribution < -0.4 is 0 Å². The van der Waals surface area contributed by atoms with Crippen LogP contribution in [0.2, 0.25) is 0 Å². The molecular weight excluding hydrogens is 257 g/mol. The van der Waals surface area contributed by atoms with Gasteiger partial charge in [-0.2, -0.15) is 13.2 Å². The molecular formula is C14H15F3O2. The van der Waals surface area contributed by atoms with E-state index >= 15 is 0 Å². The van der Waals surface area contributed by atoms with E-state index in [1.165, 1.54) is 18.2 Å². The van der Waals surface area contributed by atoms with Crippen molar-refractivity contribution in [3.8, 4) is 0 Å². The summed E-state index contributed by atoms with van der Waals surface area (Å²) in [5.74, 6) is -0.760. The maximum Gasteiger partial charge on any atom is 0.421 e. The van der Waals surface area contributed by atoms with E-state index in [1.807, 2.05) is 0 Å². The SMILES string of the molecule is CC(C)=CC(=O)CC(O)(c1ccccc1)C(F)(F)F. The summed E-state index contributed by atoms with van der Waals surface area (Å²) >= 11 is 0. The first-order valence-electron chi connectivity index (χ1n) is 5.69. The molecule has 1 atom stereocenters. The van der Waals surface area contributed by atoms with Crippen LogP contribution in [0.4, 0.5) is 13.2 Å². The first-order chi connectivity index (χ1) is 8.67. The summed E-state index contributed by atoms with van der Waals surface area (Å²) in [7, 11) is 0. The topological polar surface area (TPSA) is 37.3 Å². The molecule has 0 bridgehead atoms. The molecule has 19 heavy (non-hydrogen) atoms. The molecule has 0 aliphatic heterocycles. The third-order valence-electron chi connectivity index (χ3n) is 2.60. The Balaban J connectivity index is 3.16. The lowest BCUT2D eigenvalue weighted by molar-refractivity contribution is -0.266. The maximum absolute atomic E-state index is 13.1. The van der Waals surface area contributed by atoms with Gasteiger partial charge in [0.25, 0.3) is 0 Å². The van der Waals surface area contributed by atoms with Crippen LogP contribution in [-0.2, 0) is 10.4 Å². The molecule has 1 aromatic rings. The van der Waals surface area contributed by atoms with Crippen molar-refractivity contribution in [1.29, 1.82) is 0 Å². The second-order valence-corrected chi connectivity index (χ2v) is 4.59. The van der Waals surface area contributed by atoms with Crippen molar-refractivity contribution in [3.05, 3.63) is 47.5 Å². The van der Waals surface area contributed by atoms with Gasteiger partial charge in [0.05, 0.1) is 6.42 Å². The van der Waals surface area contributed by atoms with Gasteiger partial charge in [-0.25, -0.2) is 0 Å². The van der Waals surface area contributed by atoms with E-state index in [2.05, 4.69) is 0 Å². The summed E-state index contributed by atoms with van der Waals surface area (Å²) in [4.78, 5) is 11.6. The Morgan fingerprint density at radius 3 is 2.16 bits per heavy atom. The van der Waals surface area contributed by atoms with Gasteiger partial charge >= 0.3 is 6.18 Å². The average molecular weight is 272 g/mol. The van der Waals surface area contributed by atoms with E-state index in [-0.39, 0.29) is 5.56 Å². The third-order valence-corrected chi connectivity index (χ3v) is 2.60. The average Bonchev–Trinajstić information content (AvgIpc) is 2.27. The minimum atomic E-state index is -4.92. The zero-order valence-electron chi connectivity index (χ0n) is 10.7. The third kappa shape index (κ3) is 3.67. The molecule has 2 nitrogen and oxygen atoms in total.